The smallest absolute Gasteiger partial charge is 0.318 e. The van der Waals surface area contributed by atoms with Crippen LogP contribution in [0.5, 0.6) is 0 Å². The Labute approximate surface area is 117 Å². The largest absolute Gasteiger partial charge is 0.465 e. The van der Waals surface area contributed by atoms with Gasteiger partial charge >= 0.3 is 5.97 Å². The Morgan fingerprint density at radius 2 is 2.30 bits per heavy atom. The summed E-state index contributed by atoms with van der Waals surface area (Å²) in [5, 5.41) is 3.89. The molecule has 112 valence electrons. The van der Waals surface area contributed by atoms with Gasteiger partial charge in [0.25, 0.3) is 0 Å². The van der Waals surface area contributed by atoms with Gasteiger partial charge in [-0.2, -0.15) is 4.98 Å². The van der Waals surface area contributed by atoms with Crippen molar-refractivity contribution in [3.05, 3.63) is 11.7 Å². The molecule has 2 rings (SSSR count). The number of rotatable bonds is 6. The molecule has 2 atom stereocenters. The van der Waals surface area contributed by atoms with Gasteiger partial charge in [0.05, 0.1) is 26.4 Å². The molecule has 0 amide bonds. The summed E-state index contributed by atoms with van der Waals surface area (Å²) in [6.45, 7) is 5.57. The third kappa shape index (κ3) is 3.55. The molecule has 0 aromatic carbocycles. The van der Waals surface area contributed by atoms with E-state index in [-0.39, 0.29) is 18.0 Å². The Hall–Kier alpha value is -1.47. The second-order valence-electron chi connectivity index (χ2n) is 4.52. The Kier molecular flexibility index (Phi) is 5.49. The van der Waals surface area contributed by atoms with Gasteiger partial charge in [0, 0.05) is 0 Å². The zero-order chi connectivity index (χ0) is 14.4. The molecule has 2 unspecified atom stereocenters. The minimum Gasteiger partial charge on any atom is -0.465 e. The molecule has 1 aliphatic heterocycles. The number of hydrogen-bond donors (Lipinski definition) is 0. The fourth-order valence-corrected chi connectivity index (χ4v) is 2.03. The lowest BCUT2D eigenvalue weighted by Crippen LogP contribution is -2.23. The maximum Gasteiger partial charge on any atom is 0.318 e. The van der Waals surface area contributed by atoms with E-state index in [1.54, 1.807) is 6.92 Å². The van der Waals surface area contributed by atoms with Gasteiger partial charge in [0.15, 0.2) is 0 Å². The van der Waals surface area contributed by atoms with E-state index in [0.717, 1.165) is 6.42 Å². The first-order valence-corrected chi connectivity index (χ1v) is 6.95. The molecular formula is C13H20N2O5. The van der Waals surface area contributed by atoms with Gasteiger partial charge in [-0.25, -0.2) is 0 Å². The number of carbonyl (C=O) groups excluding carboxylic acids is 1. The summed E-state index contributed by atoms with van der Waals surface area (Å²) < 4.78 is 21.0. The summed E-state index contributed by atoms with van der Waals surface area (Å²) in [5.41, 5.74) is 0. The molecule has 0 N–H and O–H groups in total. The average Bonchev–Trinajstić information content (AvgIpc) is 2.95. The van der Waals surface area contributed by atoms with Crippen molar-refractivity contribution in [2.24, 2.45) is 0 Å². The van der Waals surface area contributed by atoms with Crippen molar-refractivity contribution < 1.29 is 23.5 Å². The zero-order valence-corrected chi connectivity index (χ0v) is 11.8. The molecule has 0 aliphatic carbocycles. The van der Waals surface area contributed by atoms with Crippen molar-refractivity contribution in [2.45, 2.75) is 38.7 Å². The van der Waals surface area contributed by atoms with Crippen LogP contribution in [-0.2, 0) is 19.0 Å². The molecule has 1 aromatic heterocycles. The van der Waals surface area contributed by atoms with Gasteiger partial charge in [-0.1, -0.05) is 18.5 Å². The molecule has 7 heteroatoms. The monoisotopic (exact) mass is 284 g/mol. The standard InChI is InChI=1S/C13H20N2O5/c1-3-5-9(13(16)18-4-2)12-14-11(15-20-12)10-8-17-6-7-19-10/h9-10H,3-8H2,1-2H3. The topological polar surface area (TPSA) is 83.7 Å². The van der Waals surface area contributed by atoms with Crippen LogP contribution in [0.25, 0.3) is 0 Å². The minimum atomic E-state index is -0.509. The molecule has 0 bridgehead atoms. The van der Waals surface area contributed by atoms with Crippen molar-refractivity contribution in [2.75, 3.05) is 26.4 Å². The van der Waals surface area contributed by atoms with Gasteiger partial charge < -0.3 is 18.7 Å². The number of esters is 1. The first-order chi connectivity index (χ1) is 9.76. The van der Waals surface area contributed by atoms with Crippen molar-refractivity contribution in [1.29, 1.82) is 0 Å². The highest BCUT2D eigenvalue weighted by Crippen LogP contribution is 2.24. The van der Waals surface area contributed by atoms with Crippen molar-refractivity contribution in [3.8, 4) is 0 Å². The number of aromatic nitrogens is 2. The van der Waals surface area contributed by atoms with E-state index in [0.29, 0.717) is 38.7 Å². The maximum absolute atomic E-state index is 11.9. The van der Waals surface area contributed by atoms with Crippen LogP contribution in [0.1, 0.15) is 50.4 Å². The van der Waals surface area contributed by atoms with Gasteiger partial charge in [-0.15, -0.1) is 0 Å². The highest BCUT2D eigenvalue weighted by atomic mass is 16.6. The number of hydrogen-bond acceptors (Lipinski definition) is 7. The molecule has 1 saturated heterocycles. The predicted octanol–water partition coefficient (Wildman–Crippen LogP) is 1.60. The van der Waals surface area contributed by atoms with E-state index in [1.165, 1.54) is 0 Å². The van der Waals surface area contributed by atoms with Crippen molar-refractivity contribution in [3.63, 3.8) is 0 Å². The van der Waals surface area contributed by atoms with E-state index in [1.807, 2.05) is 6.92 Å². The molecule has 2 heterocycles. The van der Waals surface area contributed by atoms with Crippen LogP contribution in [0.15, 0.2) is 4.52 Å². The second kappa shape index (κ2) is 7.35. The predicted molar refractivity (Wildman–Crippen MR) is 68.1 cm³/mol. The number of nitrogens with zero attached hydrogens (tertiary/aromatic N) is 2. The van der Waals surface area contributed by atoms with Crippen molar-refractivity contribution in [1.82, 2.24) is 10.1 Å². The number of ether oxygens (including phenoxy) is 3. The molecule has 1 aliphatic rings. The van der Waals surface area contributed by atoms with E-state index in [9.17, 15) is 4.79 Å². The Balaban J connectivity index is 2.09. The number of carbonyl (C=O) groups is 1. The van der Waals surface area contributed by atoms with Crippen LogP contribution in [0.3, 0.4) is 0 Å². The Morgan fingerprint density at radius 1 is 1.45 bits per heavy atom. The average molecular weight is 284 g/mol. The summed E-state index contributed by atoms with van der Waals surface area (Å²) in [6, 6.07) is 0. The second-order valence-corrected chi connectivity index (χ2v) is 4.52. The molecule has 0 spiro atoms. The van der Waals surface area contributed by atoms with Crippen LogP contribution in [0.4, 0.5) is 0 Å². The molecule has 7 nitrogen and oxygen atoms in total. The first-order valence-electron chi connectivity index (χ1n) is 6.95. The summed E-state index contributed by atoms with van der Waals surface area (Å²) in [6.07, 6.45) is 1.11. The first kappa shape index (κ1) is 14.9. The van der Waals surface area contributed by atoms with Gasteiger partial charge in [0.2, 0.25) is 11.7 Å². The summed E-state index contributed by atoms with van der Waals surface area (Å²) in [4.78, 5) is 16.2. The van der Waals surface area contributed by atoms with Gasteiger partial charge in [0.1, 0.15) is 12.0 Å². The quantitative estimate of drug-likeness (QED) is 0.733. The van der Waals surface area contributed by atoms with Crippen LogP contribution < -0.4 is 0 Å². The van der Waals surface area contributed by atoms with E-state index in [4.69, 9.17) is 18.7 Å². The van der Waals surface area contributed by atoms with Crippen LogP contribution in [-0.4, -0.2) is 42.5 Å². The normalized spacial score (nSPS) is 20.6. The van der Waals surface area contributed by atoms with Crippen LogP contribution >= 0.6 is 0 Å². The molecular weight excluding hydrogens is 264 g/mol. The molecule has 1 aromatic rings. The lowest BCUT2D eigenvalue weighted by Gasteiger charge is -2.19. The summed E-state index contributed by atoms with van der Waals surface area (Å²) in [7, 11) is 0. The fraction of sp³-hybridized carbons (Fsp3) is 0.769. The summed E-state index contributed by atoms with van der Waals surface area (Å²) in [5.74, 6) is -0.129. The van der Waals surface area contributed by atoms with E-state index < -0.39 is 5.92 Å². The van der Waals surface area contributed by atoms with Gasteiger partial charge in [-0.3, -0.25) is 4.79 Å². The highest BCUT2D eigenvalue weighted by Gasteiger charge is 2.30. The molecule has 1 fully saturated rings. The highest BCUT2D eigenvalue weighted by molar-refractivity contribution is 5.76. The minimum absolute atomic E-state index is 0.287. The molecule has 0 saturated carbocycles. The SMILES string of the molecule is CCCC(C(=O)OCC)c1nc(C2COCCO2)no1. The third-order valence-corrected chi connectivity index (χ3v) is 3.01. The molecule has 20 heavy (non-hydrogen) atoms. The fourth-order valence-electron chi connectivity index (χ4n) is 2.03. The maximum atomic E-state index is 11.9. The summed E-state index contributed by atoms with van der Waals surface area (Å²) >= 11 is 0. The van der Waals surface area contributed by atoms with E-state index in [2.05, 4.69) is 10.1 Å². The Bertz CT molecular complexity index is 428. The van der Waals surface area contributed by atoms with E-state index >= 15 is 0 Å². The Morgan fingerprint density at radius 3 is 2.95 bits per heavy atom. The third-order valence-electron chi connectivity index (χ3n) is 3.01. The lowest BCUT2D eigenvalue weighted by atomic mass is 10.0. The zero-order valence-electron chi connectivity index (χ0n) is 11.8. The van der Waals surface area contributed by atoms with Crippen LogP contribution in [0.2, 0.25) is 0 Å². The van der Waals surface area contributed by atoms with Crippen LogP contribution in [0, 0.1) is 0 Å². The van der Waals surface area contributed by atoms with Crippen molar-refractivity contribution >= 4 is 5.97 Å². The molecule has 0 radical (unpaired) electrons. The lowest BCUT2D eigenvalue weighted by molar-refractivity contribution is -0.145. The van der Waals surface area contributed by atoms with Gasteiger partial charge in [-0.05, 0) is 13.3 Å².